The summed E-state index contributed by atoms with van der Waals surface area (Å²) in [5.41, 5.74) is 9.60. The van der Waals surface area contributed by atoms with Crippen LogP contribution in [0.25, 0.3) is 0 Å². The molecular weight excluding hydrogens is 244 g/mol. The average Bonchev–Trinajstić information content (AvgIpc) is 2.37. The summed E-state index contributed by atoms with van der Waals surface area (Å²) in [5, 5.41) is 0. The predicted octanol–water partition coefficient (Wildman–Crippen LogP) is 3.82. The van der Waals surface area contributed by atoms with E-state index in [1.165, 1.54) is 23.3 Å². The molecule has 0 radical (unpaired) electrons. The van der Waals surface area contributed by atoms with Crippen molar-refractivity contribution in [3.63, 3.8) is 0 Å². The van der Waals surface area contributed by atoms with E-state index >= 15 is 0 Å². The summed E-state index contributed by atoms with van der Waals surface area (Å²) in [5.74, 6) is -1.70. The van der Waals surface area contributed by atoms with E-state index in [2.05, 4.69) is 0 Å². The molecule has 0 aromatic heterocycles. The van der Waals surface area contributed by atoms with Crippen LogP contribution in [-0.4, -0.2) is 0 Å². The van der Waals surface area contributed by atoms with E-state index < -0.39 is 17.7 Å². The van der Waals surface area contributed by atoms with E-state index in [0.717, 1.165) is 11.6 Å². The molecular formula is C16H17F2N. The highest BCUT2D eigenvalue weighted by Crippen LogP contribution is 2.22. The zero-order valence-electron chi connectivity index (χ0n) is 11.1. The van der Waals surface area contributed by atoms with E-state index in [1.807, 2.05) is 32.0 Å². The molecule has 2 aromatic rings. The summed E-state index contributed by atoms with van der Waals surface area (Å²) in [6.07, 6.45) is 0.488. The molecule has 0 aliphatic heterocycles. The Labute approximate surface area is 112 Å². The largest absolute Gasteiger partial charge is 0.324 e. The van der Waals surface area contributed by atoms with Crippen LogP contribution in [0, 0.1) is 25.5 Å². The van der Waals surface area contributed by atoms with Crippen LogP contribution in [0.1, 0.15) is 28.3 Å². The molecule has 100 valence electrons. The van der Waals surface area contributed by atoms with Gasteiger partial charge < -0.3 is 5.73 Å². The van der Waals surface area contributed by atoms with Gasteiger partial charge in [-0.1, -0.05) is 30.3 Å². The van der Waals surface area contributed by atoms with Crippen LogP contribution < -0.4 is 5.73 Å². The van der Waals surface area contributed by atoms with E-state index in [-0.39, 0.29) is 5.56 Å². The molecule has 1 nitrogen and oxygen atoms in total. The Balaban J connectivity index is 2.23. The predicted molar refractivity (Wildman–Crippen MR) is 72.9 cm³/mol. The van der Waals surface area contributed by atoms with E-state index in [4.69, 9.17) is 5.73 Å². The highest BCUT2D eigenvalue weighted by Gasteiger charge is 2.15. The number of hydrogen-bond acceptors (Lipinski definition) is 1. The molecule has 0 bridgehead atoms. The Kier molecular flexibility index (Phi) is 3.96. The average molecular weight is 261 g/mol. The normalized spacial score (nSPS) is 12.5. The minimum atomic E-state index is -0.854. The summed E-state index contributed by atoms with van der Waals surface area (Å²) in [4.78, 5) is 0. The van der Waals surface area contributed by atoms with Crippen molar-refractivity contribution in [2.45, 2.75) is 26.3 Å². The van der Waals surface area contributed by atoms with E-state index in [9.17, 15) is 8.78 Å². The topological polar surface area (TPSA) is 26.0 Å². The summed E-state index contributed by atoms with van der Waals surface area (Å²) < 4.78 is 26.8. The van der Waals surface area contributed by atoms with Crippen LogP contribution in [0.2, 0.25) is 0 Å². The lowest BCUT2D eigenvalue weighted by Gasteiger charge is -2.14. The van der Waals surface area contributed by atoms with Crippen molar-refractivity contribution in [3.05, 3.63) is 70.3 Å². The molecule has 19 heavy (non-hydrogen) atoms. The quantitative estimate of drug-likeness (QED) is 0.893. The lowest BCUT2D eigenvalue weighted by Crippen LogP contribution is -2.15. The van der Waals surface area contributed by atoms with Crippen LogP contribution in [-0.2, 0) is 6.42 Å². The second kappa shape index (κ2) is 5.49. The minimum Gasteiger partial charge on any atom is -0.324 e. The van der Waals surface area contributed by atoms with Gasteiger partial charge in [0.1, 0.15) is 0 Å². The molecule has 1 atom stereocenters. The standard InChI is InChI=1S/C16H17F2N/c1-10-6-7-12(8-11(10)2)9-15(19)13-4-3-5-14(17)16(13)18/h3-8,15H,9,19H2,1-2H3. The molecule has 2 N–H and O–H groups in total. The molecule has 0 spiro atoms. The molecule has 0 saturated heterocycles. The Hall–Kier alpha value is -1.74. The molecule has 0 amide bonds. The Morgan fingerprint density at radius 1 is 1.05 bits per heavy atom. The lowest BCUT2D eigenvalue weighted by molar-refractivity contribution is 0.488. The van der Waals surface area contributed by atoms with Gasteiger partial charge >= 0.3 is 0 Å². The van der Waals surface area contributed by atoms with Crippen LogP contribution in [0.15, 0.2) is 36.4 Å². The van der Waals surface area contributed by atoms with Crippen LogP contribution in [0.5, 0.6) is 0 Å². The zero-order chi connectivity index (χ0) is 14.0. The van der Waals surface area contributed by atoms with Gasteiger partial charge in [0.05, 0.1) is 0 Å². The van der Waals surface area contributed by atoms with E-state index in [1.54, 1.807) is 0 Å². The third-order valence-electron chi connectivity index (χ3n) is 3.41. The fourth-order valence-corrected chi connectivity index (χ4v) is 2.10. The summed E-state index contributed by atoms with van der Waals surface area (Å²) in [7, 11) is 0. The van der Waals surface area contributed by atoms with Crippen molar-refractivity contribution < 1.29 is 8.78 Å². The first kappa shape index (κ1) is 13.7. The van der Waals surface area contributed by atoms with Crippen LogP contribution in [0.3, 0.4) is 0 Å². The van der Waals surface area contributed by atoms with Gasteiger partial charge in [-0.3, -0.25) is 0 Å². The fraction of sp³-hybridized carbons (Fsp3) is 0.250. The molecule has 0 aliphatic carbocycles. The number of rotatable bonds is 3. The van der Waals surface area contributed by atoms with Crippen LogP contribution >= 0.6 is 0 Å². The molecule has 2 rings (SSSR count). The third-order valence-corrected chi connectivity index (χ3v) is 3.41. The van der Waals surface area contributed by atoms with Gasteiger partial charge in [0, 0.05) is 11.6 Å². The maximum atomic E-state index is 13.6. The van der Waals surface area contributed by atoms with Crippen molar-refractivity contribution in [2.24, 2.45) is 5.73 Å². The minimum absolute atomic E-state index is 0.221. The fourth-order valence-electron chi connectivity index (χ4n) is 2.10. The van der Waals surface area contributed by atoms with Crippen LogP contribution in [0.4, 0.5) is 8.78 Å². The van der Waals surface area contributed by atoms with Crippen molar-refractivity contribution in [3.8, 4) is 0 Å². The van der Waals surface area contributed by atoms with Gasteiger partial charge in [0.25, 0.3) is 0 Å². The molecule has 0 heterocycles. The lowest BCUT2D eigenvalue weighted by atomic mass is 9.97. The van der Waals surface area contributed by atoms with Gasteiger partial charge in [-0.25, -0.2) is 8.78 Å². The highest BCUT2D eigenvalue weighted by molar-refractivity contribution is 5.32. The maximum absolute atomic E-state index is 13.6. The highest BCUT2D eigenvalue weighted by atomic mass is 19.2. The smallest absolute Gasteiger partial charge is 0.163 e. The summed E-state index contributed by atoms with van der Waals surface area (Å²) in [6.45, 7) is 4.05. The molecule has 2 aromatic carbocycles. The molecule has 0 fully saturated rings. The number of aryl methyl sites for hydroxylation is 2. The molecule has 0 aliphatic rings. The van der Waals surface area contributed by atoms with Crippen molar-refractivity contribution >= 4 is 0 Å². The van der Waals surface area contributed by atoms with Gasteiger partial charge in [0.15, 0.2) is 11.6 Å². The number of benzene rings is 2. The monoisotopic (exact) mass is 261 g/mol. The van der Waals surface area contributed by atoms with Gasteiger partial charge in [-0.2, -0.15) is 0 Å². The summed E-state index contributed by atoms with van der Waals surface area (Å²) in [6, 6.07) is 9.59. The number of halogens is 2. The van der Waals surface area contributed by atoms with Gasteiger partial charge in [0.2, 0.25) is 0 Å². The SMILES string of the molecule is Cc1ccc(CC(N)c2cccc(F)c2F)cc1C. The van der Waals surface area contributed by atoms with Crippen molar-refractivity contribution in [1.29, 1.82) is 0 Å². The molecule has 1 unspecified atom stereocenters. The van der Waals surface area contributed by atoms with E-state index in [0.29, 0.717) is 6.42 Å². The van der Waals surface area contributed by atoms with Crippen molar-refractivity contribution in [2.75, 3.05) is 0 Å². The Bertz CT molecular complexity index is 593. The maximum Gasteiger partial charge on any atom is 0.163 e. The second-order valence-corrected chi connectivity index (χ2v) is 4.87. The Morgan fingerprint density at radius 3 is 2.47 bits per heavy atom. The first-order chi connectivity index (χ1) is 8.99. The third kappa shape index (κ3) is 2.99. The summed E-state index contributed by atoms with van der Waals surface area (Å²) >= 11 is 0. The number of nitrogens with two attached hydrogens (primary N) is 1. The first-order valence-electron chi connectivity index (χ1n) is 6.24. The van der Waals surface area contributed by atoms with Crippen molar-refractivity contribution in [1.82, 2.24) is 0 Å². The first-order valence-corrected chi connectivity index (χ1v) is 6.24. The number of hydrogen-bond donors (Lipinski definition) is 1. The second-order valence-electron chi connectivity index (χ2n) is 4.87. The molecule has 0 saturated carbocycles. The van der Waals surface area contributed by atoms with Gasteiger partial charge in [-0.05, 0) is 43.0 Å². The van der Waals surface area contributed by atoms with Gasteiger partial charge in [-0.15, -0.1) is 0 Å². The molecule has 3 heteroatoms. The zero-order valence-corrected chi connectivity index (χ0v) is 11.1. The Morgan fingerprint density at radius 2 is 1.79 bits per heavy atom.